The second-order valence-electron chi connectivity index (χ2n) is 6.53. The third-order valence-electron chi connectivity index (χ3n) is 4.52. The number of nitrogens with one attached hydrogen (secondary N) is 1. The SMILES string of the molecule is CCc1cc(=O)oc2cc(O[C@@H](C)C(=O)NC[C@@H](O)c3ccccc3)ccc12. The van der Waals surface area contributed by atoms with Crippen molar-refractivity contribution in [3.05, 3.63) is 76.1 Å². The Hall–Kier alpha value is -3.12. The number of aliphatic hydroxyl groups is 1. The van der Waals surface area contributed by atoms with Gasteiger partial charge in [0.1, 0.15) is 11.3 Å². The van der Waals surface area contributed by atoms with Gasteiger partial charge in [-0.25, -0.2) is 4.79 Å². The fourth-order valence-electron chi connectivity index (χ4n) is 2.97. The first-order chi connectivity index (χ1) is 13.5. The van der Waals surface area contributed by atoms with E-state index >= 15 is 0 Å². The standard InChI is InChI=1S/C22H23NO5/c1-3-15-11-21(25)28-20-12-17(9-10-18(15)20)27-14(2)22(26)23-13-19(24)16-7-5-4-6-8-16/h4-12,14,19,24H,3,13H2,1-2H3,(H,23,26)/t14-,19+/m0/s1. The van der Waals surface area contributed by atoms with E-state index < -0.39 is 17.8 Å². The monoisotopic (exact) mass is 381 g/mol. The molecular weight excluding hydrogens is 358 g/mol. The van der Waals surface area contributed by atoms with Gasteiger partial charge in [-0.1, -0.05) is 37.3 Å². The van der Waals surface area contributed by atoms with Gasteiger partial charge < -0.3 is 19.6 Å². The number of amides is 1. The van der Waals surface area contributed by atoms with Crippen LogP contribution in [-0.2, 0) is 11.2 Å². The number of hydrogen-bond acceptors (Lipinski definition) is 5. The van der Waals surface area contributed by atoms with Crippen molar-refractivity contribution in [1.29, 1.82) is 0 Å². The lowest BCUT2D eigenvalue weighted by Gasteiger charge is -2.17. The van der Waals surface area contributed by atoms with Crippen LogP contribution in [0.3, 0.4) is 0 Å². The van der Waals surface area contributed by atoms with Crippen molar-refractivity contribution in [3.63, 3.8) is 0 Å². The van der Waals surface area contributed by atoms with E-state index in [0.29, 0.717) is 17.8 Å². The number of benzene rings is 2. The Kier molecular flexibility index (Phi) is 6.11. The summed E-state index contributed by atoms with van der Waals surface area (Å²) in [5, 5.41) is 13.7. The van der Waals surface area contributed by atoms with Gasteiger partial charge in [0, 0.05) is 24.1 Å². The topological polar surface area (TPSA) is 88.8 Å². The van der Waals surface area contributed by atoms with Crippen LogP contribution in [0.15, 0.2) is 63.8 Å². The molecule has 3 aromatic rings. The average Bonchev–Trinajstić information content (AvgIpc) is 2.71. The van der Waals surface area contributed by atoms with Gasteiger partial charge in [0.05, 0.1) is 6.10 Å². The van der Waals surface area contributed by atoms with Crippen LogP contribution in [0.5, 0.6) is 5.75 Å². The summed E-state index contributed by atoms with van der Waals surface area (Å²) < 4.78 is 10.9. The summed E-state index contributed by atoms with van der Waals surface area (Å²) in [6, 6.07) is 15.8. The number of rotatable bonds is 7. The Morgan fingerprint density at radius 2 is 1.93 bits per heavy atom. The summed E-state index contributed by atoms with van der Waals surface area (Å²) in [5.74, 6) is 0.0778. The largest absolute Gasteiger partial charge is 0.481 e. The molecule has 6 heteroatoms. The van der Waals surface area contributed by atoms with Crippen molar-refractivity contribution in [1.82, 2.24) is 5.32 Å². The second kappa shape index (κ2) is 8.71. The molecule has 6 nitrogen and oxygen atoms in total. The van der Waals surface area contributed by atoms with E-state index in [-0.39, 0.29) is 12.5 Å². The fraction of sp³-hybridized carbons (Fsp3) is 0.273. The molecule has 0 unspecified atom stereocenters. The molecule has 1 heterocycles. The molecule has 2 N–H and O–H groups in total. The third kappa shape index (κ3) is 4.58. The number of aryl methyl sites for hydroxylation is 1. The summed E-state index contributed by atoms with van der Waals surface area (Å²) in [6.07, 6.45) is -0.855. The van der Waals surface area contributed by atoms with Crippen molar-refractivity contribution in [2.24, 2.45) is 0 Å². The molecule has 0 fully saturated rings. The summed E-state index contributed by atoms with van der Waals surface area (Å²) in [7, 11) is 0. The number of ether oxygens (including phenoxy) is 1. The molecular formula is C22H23NO5. The molecule has 0 aliphatic heterocycles. The second-order valence-corrected chi connectivity index (χ2v) is 6.53. The van der Waals surface area contributed by atoms with Gasteiger partial charge in [-0.05, 0) is 36.6 Å². The molecule has 0 aliphatic rings. The smallest absolute Gasteiger partial charge is 0.336 e. The Bertz CT molecular complexity index is 1010. The maximum absolute atomic E-state index is 12.3. The predicted molar refractivity (Wildman–Crippen MR) is 106 cm³/mol. The van der Waals surface area contributed by atoms with Gasteiger partial charge in [-0.15, -0.1) is 0 Å². The zero-order chi connectivity index (χ0) is 20.1. The van der Waals surface area contributed by atoms with E-state index in [1.807, 2.05) is 31.2 Å². The van der Waals surface area contributed by atoms with E-state index in [9.17, 15) is 14.7 Å². The Morgan fingerprint density at radius 3 is 2.64 bits per heavy atom. The summed E-state index contributed by atoms with van der Waals surface area (Å²) in [4.78, 5) is 24.0. The van der Waals surface area contributed by atoms with Crippen LogP contribution in [0, 0.1) is 0 Å². The zero-order valence-corrected chi connectivity index (χ0v) is 15.8. The van der Waals surface area contributed by atoms with Crippen LogP contribution >= 0.6 is 0 Å². The van der Waals surface area contributed by atoms with Crippen LogP contribution in [0.25, 0.3) is 11.0 Å². The highest BCUT2D eigenvalue weighted by Gasteiger charge is 2.17. The molecule has 1 amide bonds. The Morgan fingerprint density at radius 1 is 1.18 bits per heavy atom. The number of carbonyl (C=O) groups is 1. The normalized spacial score (nSPS) is 13.1. The molecule has 0 radical (unpaired) electrons. The molecule has 2 aromatic carbocycles. The van der Waals surface area contributed by atoms with Gasteiger partial charge in [-0.2, -0.15) is 0 Å². The maximum atomic E-state index is 12.3. The van der Waals surface area contributed by atoms with Gasteiger partial charge in [-0.3, -0.25) is 4.79 Å². The number of aliphatic hydroxyl groups excluding tert-OH is 1. The molecule has 3 rings (SSSR count). The van der Waals surface area contributed by atoms with Crippen LogP contribution in [-0.4, -0.2) is 23.7 Å². The molecule has 0 saturated heterocycles. The highest BCUT2D eigenvalue weighted by molar-refractivity contribution is 5.83. The molecule has 28 heavy (non-hydrogen) atoms. The molecule has 1 aromatic heterocycles. The minimum Gasteiger partial charge on any atom is -0.481 e. The van der Waals surface area contributed by atoms with Crippen molar-refractivity contribution in [2.75, 3.05) is 6.54 Å². The molecule has 0 spiro atoms. The maximum Gasteiger partial charge on any atom is 0.336 e. The first kappa shape index (κ1) is 19.6. The Balaban J connectivity index is 1.64. The van der Waals surface area contributed by atoms with Gasteiger partial charge in [0.25, 0.3) is 5.91 Å². The molecule has 0 aliphatic carbocycles. The summed E-state index contributed by atoms with van der Waals surface area (Å²) in [6.45, 7) is 3.67. The minimum absolute atomic E-state index is 0.0863. The summed E-state index contributed by atoms with van der Waals surface area (Å²) >= 11 is 0. The highest BCUT2D eigenvalue weighted by atomic mass is 16.5. The molecule has 146 valence electrons. The third-order valence-corrected chi connectivity index (χ3v) is 4.52. The van der Waals surface area contributed by atoms with Crippen molar-refractivity contribution in [2.45, 2.75) is 32.5 Å². The van der Waals surface area contributed by atoms with E-state index in [0.717, 1.165) is 16.5 Å². The molecule has 0 saturated carbocycles. The van der Waals surface area contributed by atoms with Gasteiger partial charge >= 0.3 is 5.63 Å². The van der Waals surface area contributed by atoms with Crippen LogP contribution in [0.1, 0.15) is 31.1 Å². The number of carbonyl (C=O) groups excluding carboxylic acids is 1. The van der Waals surface area contributed by atoms with Crippen molar-refractivity contribution >= 4 is 16.9 Å². The quantitative estimate of drug-likeness (QED) is 0.614. The van der Waals surface area contributed by atoms with E-state index in [4.69, 9.17) is 9.15 Å². The lowest BCUT2D eigenvalue weighted by molar-refractivity contribution is -0.127. The predicted octanol–water partition coefficient (Wildman–Crippen LogP) is 2.97. The lowest BCUT2D eigenvalue weighted by atomic mass is 10.1. The molecule has 2 atom stereocenters. The number of hydrogen-bond donors (Lipinski definition) is 2. The van der Waals surface area contributed by atoms with Crippen molar-refractivity contribution < 1.29 is 19.1 Å². The van der Waals surface area contributed by atoms with Gasteiger partial charge in [0.2, 0.25) is 0 Å². The van der Waals surface area contributed by atoms with E-state index in [1.54, 1.807) is 31.2 Å². The lowest BCUT2D eigenvalue weighted by Crippen LogP contribution is -2.38. The zero-order valence-electron chi connectivity index (χ0n) is 15.8. The Labute approximate surface area is 162 Å². The summed E-state index contributed by atoms with van der Waals surface area (Å²) in [5.41, 5.74) is 1.64. The number of fused-ring (bicyclic) bond motifs is 1. The minimum atomic E-state index is -0.792. The highest BCUT2D eigenvalue weighted by Crippen LogP contribution is 2.23. The van der Waals surface area contributed by atoms with E-state index in [1.165, 1.54) is 6.07 Å². The average molecular weight is 381 g/mol. The van der Waals surface area contributed by atoms with Gasteiger partial charge in [0.15, 0.2) is 6.10 Å². The molecule has 0 bridgehead atoms. The first-order valence-electron chi connectivity index (χ1n) is 9.22. The van der Waals surface area contributed by atoms with Crippen LogP contribution in [0.4, 0.5) is 0 Å². The van der Waals surface area contributed by atoms with Crippen LogP contribution < -0.4 is 15.7 Å². The van der Waals surface area contributed by atoms with Crippen LogP contribution in [0.2, 0.25) is 0 Å². The van der Waals surface area contributed by atoms with E-state index in [2.05, 4.69) is 5.32 Å². The fourth-order valence-corrected chi connectivity index (χ4v) is 2.97. The first-order valence-corrected chi connectivity index (χ1v) is 9.22. The van der Waals surface area contributed by atoms with Crippen molar-refractivity contribution in [3.8, 4) is 5.75 Å².